The first-order valence-corrected chi connectivity index (χ1v) is 9.73. The maximum atomic E-state index is 12.8. The molecular weight excluding hydrogens is 376 g/mol. The first-order valence-electron chi connectivity index (χ1n) is 8.91. The summed E-state index contributed by atoms with van der Waals surface area (Å²) in [7, 11) is 0. The van der Waals surface area contributed by atoms with E-state index < -0.39 is 18.4 Å². The van der Waals surface area contributed by atoms with Gasteiger partial charge in [-0.3, -0.25) is 14.4 Å². The monoisotopic (exact) mass is 396 g/mol. The summed E-state index contributed by atoms with van der Waals surface area (Å²) >= 11 is 1.48. The van der Waals surface area contributed by atoms with Gasteiger partial charge in [-0.05, 0) is 47.7 Å². The molecule has 28 heavy (non-hydrogen) atoms. The number of hydrogen-bond donors (Lipinski definition) is 3. The third-order valence-corrected chi connectivity index (χ3v) is 5.42. The Morgan fingerprint density at radius 2 is 1.71 bits per heavy atom. The Balaban J connectivity index is 1.76. The van der Waals surface area contributed by atoms with Crippen LogP contribution in [-0.2, 0) is 11.2 Å². The number of benzene rings is 2. The molecule has 0 bridgehead atoms. The normalized spacial score (nSPS) is 10.6. The average molecular weight is 396 g/mol. The molecule has 0 radical (unpaired) electrons. The highest BCUT2D eigenvalue weighted by atomic mass is 32.1. The number of aryl methyl sites for hydroxylation is 1. The average Bonchev–Trinajstić information content (AvgIpc) is 3.06. The summed E-state index contributed by atoms with van der Waals surface area (Å²) in [4.78, 5) is 35.9. The third-order valence-electron chi connectivity index (χ3n) is 4.21. The van der Waals surface area contributed by atoms with Gasteiger partial charge in [0.05, 0.1) is 4.88 Å². The van der Waals surface area contributed by atoms with Gasteiger partial charge in [0.25, 0.3) is 11.8 Å². The molecule has 6 nitrogen and oxygen atoms in total. The van der Waals surface area contributed by atoms with Crippen molar-refractivity contribution in [2.75, 3.05) is 11.9 Å². The highest BCUT2D eigenvalue weighted by molar-refractivity contribution is 7.21. The van der Waals surface area contributed by atoms with Crippen molar-refractivity contribution in [3.8, 4) is 0 Å². The van der Waals surface area contributed by atoms with Gasteiger partial charge in [-0.1, -0.05) is 31.5 Å². The Kier molecular flexibility index (Phi) is 6.06. The maximum absolute atomic E-state index is 12.8. The van der Waals surface area contributed by atoms with Crippen LogP contribution in [0.1, 0.15) is 38.9 Å². The number of carboxylic acid groups (broad SMARTS) is 1. The fourth-order valence-corrected chi connectivity index (χ4v) is 4.08. The number of nitrogens with one attached hydrogen (secondary N) is 2. The highest BCUT2D eigenvalue weighted by Crippen LogP contribution is 2.32. The van der Waals surface area contributed by atoms with Gasteiger partial charge >= 0.3 is 5.97 Å². The summed E-state index contributed by atoms with van der Waals surface area (Å²) in [5.41, 5.74) is 1.96. The van der Waals surface area contributed by atoms with E-state index in [1.165, 1.54) is 11.3 Å². The van der Waals surface area contributed by atoms with Crippen LogP contribution < -0.4 is 10.6 Å². The Bertz CT molecular complexity index is 1020. The van der Waals surface area contributed by atoms with E-state index in [1.807, 2.05) is 24.3 Å². The molecule has 3 N–H and O–H groups in total. The minimum absolute atomic E-state index is 0.173. The molecule has 0 aliphatic carbocycles. The minimum atomic E-state index is -1.11. The number of thiophene rings is 1. The Hall–Kier alpha value is -3.19. The van der Waals surface area contributed by atoms with Crippen molar-refractivity contribution >= 4 is 44.9 Å². The minimum Gasteiger partial charge on any atom is -0.480 e. The molecule has 0 unspecified atom stereocenters. The van der Waals surface area contributed by atoms with Gasteiger partial charge < -0.3 is 15.7 Å². The van der Waals surface area contributed by atoms with Crippen LogP contribution in [0.3, 0.4) is 0 Å². The molecule has 0 spiro atoms. The Morgan fingerprint density at radius 1 is 1.00 bits per heavy atom. The molecule has 144 valence electrons. The molecule has 3 aromatic rings. The van der Waals surface area contributed by atoms with Crippen LogP contribution in [-0.4, -0.2) is 29.4 Å². The zero-order valence-corrected chi connectivity index (χ0v) is 16.1. The molecule has 1 aromatic heterocycles. The smallest absolute Gasteiger partial charge is 0.322 e. The standard InChI is InChI=1S/C21H20N2O4S/c1-2-5-16-15-6-3-4-7-17(15)28-19(16)21(27)23-14-10-8-13(9-11-14)20(26)22-12-18(24)25/h3-4,6-11H,2,5,12H2,1H3,(H,22,26)(H,23,27)(H,24,25). The van der Waals surface area contributed by atoms with Crippen LogP contribution in [0.5, 0.6) is 0 Å². The predicted octanol–water partition coefficient (Wildman–Crippen LogP) is 3.92. The van der Waals surface area contributed by atoms with Gasteiger partial charge in [0.2, 0.25) is 0 Å². The predicted molar refractivity (Wildman–Crippen MR) is 110 cm³/mol. The number of hydrogen-bond acceptors (Lipinski definition) is 4. The van der Waals surface area contributed by atoms with Gasteiger partial charge in [0, 0.05) is 16.0 Å². The number of carboxylic acids is 1. The second-order valence-electron chi connectivity index (χ2n) is 6.26. The van der Waals surface area contributed by atoms with Crippen LogP contribution >= 0.6 is 11.3 Å². The van der Waals surface area contributed by atoms with Crippen LogP contribution in [0.15, 0.2) is 48.5 Å². The SMILES string of the molecule is CCCc1c(C(=O)Nc2ccc(C(=O)NCC(=O)O)cc2)sc2ccccc12. The zero-order chi connectivity index (χ0) is 20.1. The van der Waals surface area contributed by atoms with Gasteiger partial charge in [-0.2, -0.15) is 0 Å². The largest absolute Gasteiger partial charge is 0.480 e. The lowest BCUT2D eigenvalue weighted by Crippen LogP contribution is -2.29. The Morgan fingerprint density at radius 3 is 2.39 bits per heavy atom. The lowest BCUT2D eigenvalue weighted by Gasteiger charge is -2.07. The number of anilines is 1. The topological polar surface area (TPSA) is 95.5 Å². The fraction of sp³-hybridized carbons (Fsp3) is 0.190. The van der Waals surface area contributed by atoms with Crippen LogP contribution in [0.2, 0.25) is 0 Å². The van der Waals surface area contributed by atoms with Crippen molar-refractivity contribution in [2.45, 2.75) is 19.8 Å². The van der Waals surface area contributed by atoms with Crippen molar-refractivity contribution in [2.24, 2.45) is 0 Å². The van der Waals surface area contributed by atoms with E-state index in [4.69, 9.17) is 5.11 Å². The van der Waals surface area contributed by atoms with Gasteiger partial charge in [-0.15, -0.1) is 11.3 Å². The van der Waals surface area contributed by atoms with Crippen molar-refractivity contribution in [3.63, 3.8) is 0 Å². The third kappa shape index (κ3) is 4.37. The number of carbonyl (C=O) groups is 3. The molecule has 3 rings (SSSR count). The van der Waals surface area contributed by atoms with Gasteiger partial charge in [-0.25, -0.2) is 0 Å². The second kappa shape index (κ2) is 8.67. The molecule has 0 saturated heterocycles. The van der Waals surface area contributed by atoms with Crippen molar-refractivity contribution < 1.29 is 19.5 Å². The lowest BCUT2D eigenvalue weighted by atomic mass is 10.1. The van der Waals surface area contributed by atoms with Crippen LogP contribution in [0, 0.1) is 0 Å². The number of amides is 2. The zero-order valence-electron chi connectivity index (χ0n) is 15.3. The molecule has 2 amide bonds. The molecule has 0 aliphatic heterocycles. The molecule has 0 fully saturated rings. The summed E-state index contributed by atoms with van der Waals surface area (Å²) in [5, 5.41) is 14.9. The molecular formula is C21H20N2O4S. The highest BCUT2D eigenvalue weighted by Gasteiger charge is 2.18. The summed E-state index contributed by atoms with van der Waals surface area (Å²) in [5.74, 6) is -1.76. The molecule has 0 saturated carbocycles. The van der Waals surface area contributed by atoms with Gasteiger partial charge in [0.15, 0.2) is 0 Å². The summed E-state index contributed by atoms with van der Waals surface area (Å²) in [6.07, 6.45) is 1.77. The quantitative estimate of drug-likeness (QED) is 0.564. The number of fused-ring (bicyclic) bond motifs is 1. The van der Waals surface area contributed by atoms with E-state index in [-0.39, 0.29) is 5.91 Å². The summed E-state index contributed by atoms with van der Waals surface area (Å²) < 4.78 is 1.08. The van der Waals surface area contributed by atoms with E-state index in [0.717, 1.165) is 28.5 Å². The second-order valence-corrected chi connectivity index (χ2v) is 7.32. The first kappa shape index (κ1) is 19.6. The number of carbonyl (C=O) groups excluding carboxylic acids is 2. The number of aliphatic carboxylic acids is 1. The summed E-state index contributed by atoms with van der Waals surface area (Å²) in [6, 6.07) is 14.3. The fourth-order valence-electron chi connectivity index (χ4n) is 2.93. The van der Waals surface area contributed by atoms with E-state index in [1.54, 1.807) is 24.3 Å². The van der Waals surface area contributed by atoms with E-state index in [2.05, 4.69) is 17.6 Å². The lowest BCUT2D eigenvalue weighted by molar-refractivity contribution is -0.135. The van der Waals surface area contributed by atoms with Crippen molar-refractivity contribution in [1.82, 2.24) is 5.32 Å². The van der Waals surface area contributed by atoms with Gasteiger partial charge in [0.1, 0.15) is 6.54 Å². The van der Waals surface area contributed by atoms with E-state index >= 15 is 0 Å². The molecule has 0 atom stereocenters. The maximum Gasteiger partial charge on any atom is 0.322 e. The number of rotatable bonds is 7. The molecule has 0 aliphatic rings. The first-order chi connectivity index (χ1) is 13.5. The van der Waals surface area contributed by atoms with E-state index in [0.29, 0.717) is 16.1 Å². The van der Waals surface area contributed by atoms with Crippen molar-refractivity contribution in [3.05, 3.63) is 64.5 Å². The molecule has 2 aromatic carbocycles. The summed E-state index contributed by atoms with van der Waals surface area (Å²) in [6.45, 7) is 1.64. The molecule has 7 heteroatoms. The van der Waals surface area contributed by atoms with Crippen molar-refractivity contribution in [1.29, 1.82) is 0 Å². The molecule has 1 heterocycles. The Labute approximate surface area is 166 Å². The van der Waals surface area contributed by atoms with Crippen LogP contribution in [0.4, 0.5) is 5.69 Å². The van der Waals surface area contributed by atoms with E-state index in [9.17, 15) is 14.4 Å². The van der Waals surface area contributed by atoms with Crippen LogP contribution in [0.25, 0.3) is 10.1 Å².